The molecule has 1 amide bonds. The number of carbonyl (C=O) groups is 1. The molecule has 1 N–H and O–H groups in total. The van der Waals surface area contributed by atoms with Gasteiger partial charge in [-0.15, -0.1) is 0 Å². The van der Waals surface area contributed by atoms with E-state index in [9.17, 15) is 4.79 Å². The normalized spacial score (nSPS) is 18.1. The zero-order valence-electron chi connectivity index (χ0n) is 11.9. The zero-order chi connectivity index (χ0) is 14.5. The van der Waals surface area contributed by atoms with Crippen LogP contribution in [0.1, 0.15) is 30.9 Å². The number of rotatable bonds is 5. The van der Waals surface area contributed by atoms with Gasteiger partial charge in [0.25, 0.3) is 0 Å². The molecule has 1 aromatic rings. The minimum absolute atomic E-state index is 0.0492. The smallest absolute Gasteiger partial charge is 0.249 e. The van der Waals surface area contributed by atoms with Gasteiger partial charge < -0.3 is 14.8 Å². The van der Waals surface area contributed by atoms with Crippen LogP contribution in [0.3, 0.4) is 0 Å². The molecular formula is C15H20ClNO3. The first-order valence-electron chi connectivity index (χ1n) is 6.93. The van der Waals surface area contributed by atoms with E-state index >= 15 is 0 Å². The van der Waals surface area contributed by atoms with Crippen molar-refractivity contribution in [1.29, 1.82) is 0 Å². The summed E-state index contributed by atoms with van der Waals surface area (Å²) in [4.78, 5) is 11.9. The zero-order valence-corrected chi connectivity index (χ0v) is 12.6. The molecule has 4 nitrogen and oxygen atoms in total. The van der Waals surface area contributed by atoms with Gasteiger partial charge in [0.2, 0.25) is 5.91 Å². The third-order valence-corrected chi connectivity index (χ3v) is 3.66. The van der Waals surface area contributed by atoms with Crippen molar-refractivity contribution in [2.24, 2.45) is 0 Å². The quantitative estimate of drug-likeness (QED) is 0.909. The second-order valence-corrected chi connectivity index (χ2v) is 5.27. The molecular weight excluding hydrogens is 278 g/mol. The summed E-state index contributed by atoms with van der Waals surface area (Å²) < 4.78 is 10.8. The average molecular weight is 298 g/mol. The van der Waals surface area contributed by atoms with Crippen LogP contribution < -0.4 is 10.1 Å². The molecule has 0 bridgehead atoms. The van der Waals surface area contributed by atoms with Crippen LogP contribution in [0.15, 0.2) is 12.1 Å². The maximum Gasteiger partial charge on any atom is 0.249 e. The van der Waals surface area contributed by atoms with E-state index in [0.29, 0.717) is 30.5 Å². The van der Waals surface area contributed by atoms with Crippen molar-refractivity contribution >= 4 is 17.5 Å². The molecule has 0 aromatic heterocycles. The van der Waals surface area contributed by atoms with Crippen molar-refractivity contribution in [2.45, 2.75) is 39.3 Å². The van der Waals surface area contributed by atoms with Crippen LogP contribution >= 0.6 is 11.6 Å². The summed E-state index contributed by atoms with van der Waals surface area (Å²) in [5.74, 6) is 0.632. The van der Waals surface area contributed by atoms with Crippen LogP contribution in [0.25, 0.3) is 0 Å². The third kappa shape index (κ3) is 3.64. The Balaban J connectivity index is 1.98. The van der Waals surface area contributed by atoms with Gasteiger partial charge >= 0.3 is 0 Å². The molecule has 0 aliphatic carbocycles. The highest BCUT2D eigenvalue weighted by atomic mass is 35.5. The van der Waals surface area contributed by atoms with Crippen molar-refractivity contribution in [1.82, 2.24) is 5.32 Å². The number of benzene rings is 1. The molecule has 1 unspecified atom stereocenters. The summed E-state index contributed by atoms with van der Waals surface area (Å²) in [6.07, 6.45) is 1.45. The highest BCUT2D eigenvalue weighted by molar-refractivity contribution is 6.32. The Hall–Kier alpha value is -1.26. The number of aryl methyl sites for hydroxylation is 1. The minimum atomic E-state index is -0.298. The summed E-state index contributed by atoms with van der Waals surface area (Å²) in [5.41, 5.74) is 2.04. The lowest BCUT2D eigenvalue weighted by Crippen LogP contribution is -2.33. The van der Waals surface area contributed by atoms with Crippen LogP contribution in [0.4, 0.5) is 0 Å². The van der Waals surface area contributed by atoms with Crippen molar-refractivity contribution < 1.29 is 14.3 Å². The van der Waals surface area contributed by atoms with Gasteiger partial charge in [-0.3, -0.25) is 4.79 Å². The molecule has 0 radical (unpaired) electrons. The third-order valence-electron chi connectivity index (χ3n) is 3.37. The summed E-state index contributed by atoms with van der Waals surface area (Å²) in [6.45, 7) is 5.60. The highest BCUT2D eigenvalue weighted by Crippen LogP contribution is 2.28. The number of amides is 1. The van der Waals surface area contributed by atoms with Gasteiger partial charge in [0.05, 0.1) is 11.6 Å². The fourth-order valence-electron chi connectivity index (χ4n) is 2.23. The van der Waals surface area contributed by atoms with Gasteiger partial charge in [0.1, 0.15) is 11.9 Å². The number of nitrogens with one attached hydrogen (secondary N) is 1. The topological polar surface area (TPSA) is 47.6 Å². The summed E-state index contributed by atoms with van der Waals surface area (Å²) >= 11 is 6.16. The molecule has 1 aromatic carbocycles. The van der Waals surface area contributed by atoms with E-state index in [4.69, 9.17) is 21.1 Å². The lowest BCUT2D eigenvalue weighted by atomic mass is 10.1. The summed E-state index contributed by atoms with van der Waals surface area (Å²) in [6, 6.07) is 3.75. The van der Waals surface area contributed by atoms with Gasteiger partial charge in [0, 0.05) is 13.2 Å². The second-order valence-electron chi connectivity index (χ2n) is 4.86. The number of hydrogen-bond acceptors (Lipinski definition) is 3. The highest BCUT2D eigenvalue weighted by Gasteiger charge is 2.23. The van der Waals surface area contributed by atoms with E-state index in [1.54, 1.807) is 0 Å². The molecule has 0 spiro atoms. The van der Waals surface area contributed by atoms with E-state index < -0.39 is 0 Å². The SMILES string of the molecule is CCOc1cc(C)c(CNC(=O)C2CCCO2)cc1Cl. The Labute approximate surface area is 124 Å². The number of carbonyl (C=O) groups excluding carboxylic acids is 1. The van der Waals surface area contributed by atoms with Crippen molar-refractivity contribution in [3.63, 3.8) is 0 Å². The van der Waals surface area contributed by atoms with E-state index in [-0.39, 0.29) is 12.0 Å². The van der Waals surface area contributed by atoms with Crippen LogP contribution in [0.5, 0.6) is 5.75 Å². The number of ether oxygens (including phenoxy) is 2. The molecule has 1 aliphatic heterocycles. The molecule has 2 rings (SSSR count). The Morgan fingerprint density at radius 1 is 1.55 bits per heavy atom. The molecule has 5 heteroatoms. The fraction of sp³-hybridized carbons (Fsp3) is 0.533. The number of hydrogen-bond donors (Lipinski definition) is 1. The van der Waals surface area contributed by atoms with E-state index in [1.807, 2.05) is 26.0 Å². The van der Waals surface area contributed by atoms with Crippen LogP contribution in [-0.2, 0) is 16.1 Å². The van der Waals surface area contributed by atoms with Crippen molar-refractivity contribution in [3.8, 4) is 5.75 Å². The van der Waals surface area contributed by atoms with Gasteiger partial charge in [-0.2, -0.15) is 0 Å². The van der Waals surface area contributed by atoms with Crippen molar-refractivity contribution in [2.75, 3.05) is 13.2 Å². The average Bonchev–Trinajstić information content (AvgIpc) is 2.95. The predicted molar refractivity (Wildman–Crippen MR) is 78.2 cm³/mol. The molecule has 1 saturated heterocycles. The standard InChI is InChI=1S/C15H20ClNO3/c1-3-19-14-7-10(2)11(8-12(14)16)9-17-15(18)13-5-4-6-20-13/h7-8,13H,3-6,9H2,1-2H3,(H,17,18). The molecule has 20 heavy (non-hydrogen) atoms. The van der Waals surface area contributed by atoms with Crippen LogP contribution in [0.2, 0.25) is 5.02 Å². The Bertz CT molecular complexity index is 484. The van der Waals surface area contributed by atoms with Gasteiger partial charge in [0.15, 0.2) is 0 Å². The van der Waals surface area contributed by atoms with Crippen LogP contribution in [-0.4, -0.2) is 25.2 Å². The first-order chi connectivity index (χ1) is 9.61. The molecule has 1 fully saturated rings. The molecule has 1 heterocycles. The van der Waals surface area contributed by atoms with E-state index in [2.05, 4.69) is 5.32 Å². The lowest BCUT2D eigenvalue weighted by molar-refractivity contribution is -0.130. The summed E-state index contributed by atoms with van der Waals surface area (Å²) in [7, 11) is 0. The second kappa shape index (κ2) is 6.95. The monoisotopic (exact) mass is 297 g/mol. The molecule has 1 aliphatic rings. The first-order valence-corrected chi connectivity index (χ1v) is 7.30. The fourth-order valence-corrected chi connectivity index (χ4v) is 2.47. The van der Waals surface area contributed by atoms with E-state index in [1.165, 1.54) is 0 Å². The largest absolute Gasteiger partial charge is 0.492 e. The number of halogens is 1. The van der Waals surface area contributed by atoms with Gasteiger partial charge in [-0.25, -0.2) is 0 Å². The predicted octanol–water partition coefficient (Wildman–Crippen LogP) is 2.84. The Morgan fingerprint density at radius 3 is 3.00 bits per heavy atom. The maximum atomic E-state index is 11.9. The van der Waals surface area contributed by atoms with Gasteiger partial charge in [-0.05, 0) is 49.9 Å². The van der Waals surface area contributed by atoms with Crippen LogP contribution in [0, 0.1) is 6.92 Å². The maximum absolute atomic E-state index is 11.9. The minimum Gasteiger partial charge on any atom is -0.492 e. The molecule has 1 atom stereocenters. The molecule has 0 saturated carbocycles. The first kappa shape index (κ1) is 15.1. The van der Waals surface area contributed by atoms with E-state index in [0.717, 1.165) is 24.0 Å². The Morgan fingerprint density at radius 2 is 2.35 bits per heavy atom. The molecule has 110 valence electrons. The lowest BCUT2D eigenvalue weighted by Gasteiger charge is -2.14. The van der Waals surface area contributed by atoms with Crippen molar-refractivity contribution in [3.05, 3.63) is 28.3 Å². The summed E-state index contributed by atoms with van der Waals surface area (Å²) in [5, 5.41) is 3.47. The van der Waals surface area contributed by atoms with Gasteiger partial charge in [-0.1, -0.05) is 11.6 Å². The Kier molecular flexibility index (Phi) is 5.26.